The van der Waals surface area contributed by atoms with Gasteiger partial charge in [0, 0.05) is 0 Å². The van der Waals surface area contributed by atoms with Gasteiger partial charge in [0.15, 0.2) is 0 Å². The van der Waals surface area contributed by atoms with Crippen LogP contribution in [0.4, 0.5) is 0 Å². The number of benzene rings is 1. The summed E-state index contributed by atoms with van der Waals surface area (Å²) in [5.74, 6) is 0.733. The zero-order valence-electron chi connectivity index (χ0n) is 11.5. The van der Waals surface area contributed by atoms with Crippen LogP contribution in [0.5, 0.6) is 0 Å². The first-order valence-corrected chi connectivity index (χ1v) is 6.95. The Bertz CT molecular complexity index is 386. The first-order chi connectivity index (χ1) is 8.06. The predicted octanol–water partition coefficient (Wildman–Crippen LogP) is 5.48. The molecule has 1 atom stereocenters. The Morgan fingerprint density at radius 3 is 2.47 bits per heavy atom. The van der Waals surface area contributed by atoms with E-state index in [1.807, 2.05) is 0 Å². The summed E-state index contributed by atoms with van der Waals surface area (Å²) in [4.78, 5) is 1.15. The van der Waals surface area contributed by atoms with Gasteiger partial charge in [-0.05, 0) is 47.8 Å². The second kappa shape index (κ2) is 6.90. The number of thiol groups is 1. The average molecular weight is 248 g/mol. The Hall–Kier alpha value is -0.690. The van der Waals surface area contributed by atoms with Crippen molar-refractivity contribution in [3.63, 3.8) is 0 Å². The maximum Gasteiger partial charge on any atom is -0.0177 e. The van der Waals surface area contributed by atoms with Crippen molar-refractivity contribution in [2.75, 3.05) is 0 Å². The van der Waals surface area contributed by atoms with Crippen molar-refractivity contribution < 1.29 is 0 Å². The second-order valence-corrected chi connectivity index (χ2v) is 5.65. The van der Waals surface area contributed by atoms with Crippen molar-refractivity contribution in [2.45, 2.75) is 47.0 Å². The summed E-state index contributed by atoms with van der Waals surface area (Å²) in [6, 6.07) is 8.60. The third kappa shape index (κ3) is 4.23. The predicted molar refractivity (Wildman–Crippen MR) is 81.4 cm³/mol. The third-order valence-corrected chi connectivity index (χ3v) is 3.51. The molecule has 0 fully saturated rings. The molecule has 0 bridgehead atoms. The van der Waals surface area contributed by atoms with Crippen molar-refractivity contribution in [1.29, 1.82) is 0 Å². The van der Waals surface area contributed by atoms with Gasteiger partial charge in [-0.2, -0.15) is 0 Å². The third-order valence-electron chi connectivity index (χ3n) is 3.24. The molecule has 0 N–H and O–H groups in total. The van der Waals surface area contributed by atoms with E-state index in [4.69, 9.17) is 0 Å². The lowest BCUT2D eigenvalue weighted by Gasteiger charge is -2.17. The minimum Gasteiger partial charge on any atom is -0.148 e. The lowest BCUT2D eigenvalue weighted by atomic mass is 9.90. The smallest absolute Gasteiger partial charge is 0.0177 e. The Kier molecular flexibility index (Phi) is 5.84. The fourth-order valence-corrected chi connectivity index (χ4v) is 2.52. The van der Waals surface area contributed by atoms with E-state index in [0.29, 0.717) is 0 Å². The zero-order chi connectivity index (χ0) is 12.8. The lowest BCUT2D eigenvalue weighted by Crippen LogP contribution is -1.99. The van der Waals surface area contributed by atoms with E-state index < -0.39 is 0 Å². The summed E-state index contributed by atoms with van der Waals surface area (Å²) >= 11 is 4.57. The van der Waals surface area contributed by atoms with Crippen LogP contribution < -0.4 is 0 Å². The van der Waals surface area contributed by atoms with E-state index in [1.165, 1.54) is 29.5 Å². The number of aryl methyl sites for hydroxylation is 1. The Morgan fingerprint density at radius 1 is 1.29 bits per heavy atom. The fraction of sp³-hybridized carbons (Fsp3) is 0.500. The molecule has 0 spiro atoms. The molecule has 0 aromatic heterocycles. The molecule has 1 heteroatoms. The van der Waals surface area contributed by atoms with E-state index in [0.717, 1.165) is 17.2 Å². The molecule has 1 aromatic carbocycles. The highest BCUT2D eigenvalue weighted by Gasteiger charge is 2.11. The average Bonchev–Trinajstić information content (AvgIpc) is 2.27. The SMILES string of the molecule is CCCC(C)C/C(=C(/C)S)c1ccccc1C. The van der Waals surface area contributed by atoms with Crippen LogP contribution in [0, 0.1) is 12.8 Å². The molecule has 0 aliphatic carbocycles. The van der Waals surface area contributed by atoms with Crippen molar-refractivity contribution in [2.24, 2.45) is 5.92 Å². The van der Waals surface area contributed by atoms with Crippen LogP contribution in [0.15, 0.2) is 29.2 Å². The van der Waals surface area contributed by atoms with Crippen LogP contribution in [-0.2, 0) is 0 Å². The van der Waals surface area contributed by atoms with Gasteiger partial charge in [-0.3, -0.25) is 0 Å². The highest BCUT2D eigenvalue weighted by Crippen LogP contribution is 2.31. The molecule has 0 saturated heterocycles. The van der Waals surface area contributed by atoms with Crippen LogP contribution in [0.1, 0.15) is 51.2 Å². The van der Waals surface area contributed by atoms with E-state index >= 15 is 0 Å². The Labute approximate surface area is 112 Å². The van der Waals surface area contributed by atoms with E-state index in [2.05, 4.69) is 64.6 Å². The molecule has 1 aromatic rings. The molecule has 1 unspecified atom stereocenters. The molecular weight excluding hydrogens is 224 g/mol. The summed E-state index contributed by atoms with van der Waals surface area (Å²) in [5.41, 5.74) is 4.12. The van der Waals surface area contributed by atoms with Crippen molar-refractivity contribution in [3.05, 3.63) is 40.3 Å². The van der Waals surface area contributed by atoms with Crippen molar-refractivity contribution in [3.8, 4) is 0 Å². The van der Waals surface area contributed by atoms with Gasteiger partial charge in [0.25, 0.3) is 0 Å². The number of hydrogen-bond donors (Lipinski definition) is 1. The molecule has 0 saturated carbocycles. The van der Waals surface area contributed by atoms with Gasteiger partial charge in [-0.25, -0.2) is 0 Å². The van der Waals surface area contributed by atoms with Crippen LogP contribution in [-0.4, -0.2) is 0 Å². The van der Waals surface area contributed by atoms with Crippen LogP contribution in [0.2, 0.25) is 0 Å². The molecule has 1 rings (SSSR count). The van der Waals surface area contributed by atoms with Gasteiger partial charge in [0.2, 0.25) is 0 Å². The topological polar surface area (TPSA) is 0 Å². The van der Waals surface area contributed by atoms with Crippen LogP contribution in [0.3, 0.4) is 0 Å². The molecule has 94 valence electrons. The van der Waals surface area contributed by atoms with E-state index in [-0.39, 0.29) is 0 Å². The molecule has 0 radical (unpaired) electrons. The quantitative estimate of drug-likeness (QED) is 0.655. The maximum absolute atomic E-state index is 4.57. The fourth-order valence-electron chi connectivity index (χ4n) is 2.31. The molecule has 17 heavy (non-hydrogen) atoms. The normalized spacial score (nSPS) is 14.4. The first kappa shape index (κ1) is 14.4. The zero-order valence-corrected chi connectivity index (χ0v) is 12.3. The highest BCUT2D eigenvalue weighted by atomic mass is 32.1. The number of allylic oxidation sites excluding steroid dienone is 2. The van der Waals surface area contributed by atoms with Gasteiger partial charge in [-0.1, -0.05) is 51.0 Å². The van der Waals surface area contributed by atoms with Gasteiger partial charge >= 0.3 is 0 Å². The van der Waals surface area contributed by atoms with Gasteiger partial charge in [0.1, 0.15) is 0 Å². The van der Waals surface area contributed by atoms with E-state index in [9.17, 15) is 0 Å². The summed E-state index contributed by atoms with van der Waals surface area (Å²) in [6.45, 7) is 8.86. The van der Waals surface area contributed by atoms with Crippen molar-refractivity contribution >= 4 is 18.2 Å². The Balaban J connectivity index is 2.97. The minimum atomic E-state index is 0.733. The molecular formula is C16H24S. The largest absolute Gasteiger partial charge is 0.148 e. The van der Waals surface area contributed by atoms with Gasteiger partial charge in [0.05, 0.1) is 0 Å². The second-order valence-electron chi connectivity index (χ2n) is 4.98. The lowest BCUT2D eigenvalue weighted by molar-refractivity contribution is 0.538. The van der Waals surface area contributed by atoms with Gasteiger partial charge < -0.3 is 0 Å². The monoisotopic (exact) mass is 248 g/mol. The molecule has 0 heterocycles. The summed E-state index contributed by atoms with van der Waals surface area (Å²) in [5, 5.41) is 0. The molecule has 0 amide bonds. The van der Waals surface area contributed by atoms with Gasteiger partial charge in [-0.15, -0.1) is 12.6 Å². The van der Waals surface area contributed by atoms with Crippen LogP contribution in [0.25, 0.3) is 5.57 Å². The summed E-state index contributed by atoms with van der Waals surface area (Å²) in [7, 11) is 0. The highest BCUT2D eigenvalue weighted by molar-refractivity contribution is 7.84. The number of hydrogen-bond acceptors (Lipinski definition) is 1. The number of rotatable bonds is 5. The molecule has 0 nitrogen and oxygen atoms in total. The first-order valence-electron chi connectivity index (χ1n) is 6.51. The summed E-state index contributed by atoms with van der Waals surface area (Å²) in [6.07, 6.45) is 3.68. The van der Waals surface area contributed by atoms with Crippen molar-refractivity contribution in [1.82, 2.24) is 0 Å². The minimum absolute atomic E-state index is 0.733. The molecule has 0 aliphatic heterocycles. The molecule has 0 aliphatic rings. The Morgan fingerprint density at radius 2 is 1.94 bits per heavy atom. The van der Waals surface area contributed by atoms with Crippen LogP contribution >= 0.6 is 12.6 Å². The summed E-state index contributed by atoms with van der Waals surface area (Å²) < 4.78 is 0. The maximum atomic E-state index is 4.57. The standard InChI is InChI=1S/C16H24S/c1-5-8-12(2)11-16(14(4)17)15-10-7-6-9-13(15)3/h6-7,9-10,12,17H,5,8,11H2,1-4H3/b16-14+. The van der Waals surface area contributed by atoms with E-state index in [1.54, 1.807) is 0 Å².